The zero-order valence-electron chi connectivity index (χ0n) is 10.3. The number of nitrogens with two attached hydrogens (primary N) is 1. The summed E-state index contributed by atoms with van der Waals surface area (Å²) in [5, 5.41) is 0. The molecule has 2 rings (SSSR count). The summed E-state index contributed by atoms with van der Waals surface area (Å²) in [4.78, 5) is 8.36. The summed E-state index contributed by atoms with van der Waals surface area (Å²) in [7, 11) is 0. The maximum absolute atomic E-state index is 13.1. The second-order valence-corrected chi connectivity index (χ2v) is 3.87. The molecule has 1 heterocycles. The normalized spacial score (nSPS) is 10.4. The first-order valence-corrected chi connectivity index (χ1v) is 5.66. The molecule has 0 unspecified atom stereocenters. The van der Waals surface area contributed by atoms with Gasteiger partial charge in [-0.25, -0.2) is 9.37 Å². The highest BCUT2D eigenvalue weighted by Gasteiger charge is 2.10. The minimum Gasteiger partial charge on any atom is -0.438 e. The van der Waals surface area contributed by atoms with E-state index in [0.717, 1.165) is 0 Å². The van der Waals surface area contributed by atoms with Gasteiger partial charge in [0.05, 0.1) is 5.56 Å². The fraction of sp³-hybridized carbons (Fsp3) is 0.231. The molecule has 0 atom stereocenters. The van der Waals surface area contributed by atoms with Gasteiger partial charge in [-0.3, -0.25) is 0 Å². The maximum atomic E-state index is 13.1. The fourth-order valence-electron chi connectivity index (χ4n) is 1.46. The molecule has 4 nitrogen and oxygen atoms in total. The molecule has 0 fully saturated rings. The van der Waals surface area contributed by atoms with Gasteiger partial charge in [0.15, 0.2) is 0 Å². The summed E-state index contributed by atoms with van der Waals surface area (Å²) < 4.78 is 18.6. The maximum Gasteiger partial charge on any atom is 0.227 e. The number of nitrogens with zero attached hydrogens (tertiary/aromatic N) is 2. The Bertz CT molecular complexity index is 572. The van der Waals surface area contributed by atoms with E-state index < -0.39 is 0 Å². The van der Waals surface area contributed by atoms with Crippen LogP contribution in [0.25, 0.3) is 0 Å². The first-order chi connectivity index (χ1) is 8.60. The molecule has 0 radical (unpaired) electrons. The van der Waals surface area contributed by atoms with Gasteiger partial charge in [-0.2, -0.15) is 4.98 Å². The molecule has 18 heavy (non-hydrogen) atoms. The van der Waals surface area contributed by atoms with Crippen LogP contribution in [0.3, 0.4) is 0 Å². The molecule has 94 valence electrons. The highest BCUT2D eigenvalue weighted by Crippen LogP contribution is 2.26. The van der Waals surface area contributed by atoms with Crippen LogP contribution in [0.2, 0.25) is 0 Å². The van der Waals surface area contributed by atoms with Gasteiger partial charge < -0.3 is 10.5 Å². The van der Waals surface area contributed by atoms with Crippen LogP contribution >= 0.6 is 0 Å². The minimum absolute atomic E-state index is 0.358. The summed E-state index contributed by atoms with van der Waals surface area (Å²) >= 11 is 0. The van der Waals surface area contributed by atoms with Gasteiger partial charge >= 0.3 is 0 Å². The fourth-order valence-corrected chi connectivity index (χ4v) is 1.46. The molecule has 0 bridgehead atoms. The minimum atomic E-state index is -0.358. The first kappa shape index (κ1) is 12.3. The Morgan fingerprint density at radius 1 is 1.33 bits per heavy atom. The molecule has 0 aliphatic carbocycles. The Kier molecular flexibility index (Phi) is 3.41. The van der Waals surface area contributed by atoms with Crippen molar-refractivity contribution >= 4 is 5.82 Å². The zero-order chi connectivity index (χ0) is 13.1. The van der Waals surface area contributed by atoms with Gasteiger partial charge in [-0.15, -0.1) is 0 Å². The Labute approximate surface area is 105 Å². The van der Waals surface area contributed by atoms with Crippen molar-refractivity contribution in [2.24, 2.45) is 0 Å². The van der Waals surface area contributed by atoms with Crippen LogP contribution < -0.4 is 10.5 Å². The van der Waals surface area contributed by atoms with Crippen LogP contribution in [0.5, 0.6) is 11.6 Å². The molecule has 0 aliphatic heterocycles. The van der Waals surface area contributed by atoms with E-state index >= 15 is 0 Å². The molecule has 0 amide bonds. The quantitative estimate of drug-likeness (QED) is 0.905. The van der Waals surface area contributed by atoms with E-state index in [0.29, 0.717) is 35.3 Å². The predicted molar refractivity (Wildman–Crippen MR) is 67.0 cm³/mol. The number of hydrogen-bond acceptors (Lipinski definition) is 4. The number of aromatic nitrogens is 2. The average molecular weight is 247 g/mol. The summed E-state index contributed by atoms with van der Waals surface area (Å²) in [6.07, 6.45) is 0.657. The van der Waals surface area contributed by atoms with Crippen LogP contribution in [-0.4, -0.2) is 9.97 Å². The predicted octanol–water partition coefficient (Wildman–Crippen LogP) is 2.86. The van der Waals surface area contributed by atoms with E-state index in [9.17, 15) is 4.39 Å². The van der Waals surface area contributed by atoms with Gasteiger partial charge in [0, 0.05) is 12.5 Å². The number of ether oxygens (including phenoxy) is 1. The second-order valence-electron chi connectivity index (χ2n) is 3.87. The highest BCUT2D eigenvalue weighted by molar-refractivity contribution is 5.45. The van der Waals surface area contributed by atoms with Crippen molar-refractivity contribution in [3.8, 4) is 11.6 Å². The average Bonchev–Trinajstić information content (AvgIpc) is 2.34. The Hall–Kier alpha value is -2.17. The van der Waals surface area contributed by atoms with Gasteiger partial charge in [0.25, 0.3) is 0 Å². The van der Waals surface area contributed by atoms with Gasteiger partial charge in [-0.1, -0.05) is 13.0 Å². The number of halogens is 1. The molecule has 2 aromatic rings. The third kappa shape index (κ3) is 2.56. The van der Waals surface area contributed by atoms with Crippen LogP contribution in [0.4, 0.5) is 10.2 Å². The number of anilines is 1. The molecular formula is C13H14FN3O. The summed E-state index contributed by atoms with van der Waals surface area (Å²) in [5.74, 6) is 1.38. The smallest absolute Gasteiger partial charge is 0.227 e. The van der Waals surface area contributed by atoms with E-state index in [1.165, 1.54) is 12.1 Å². The standard InChI is InChI=1S/C13H14FN3O/c1-3-11-16-12(15)8(2)13(17-11)18-10-6-4-5-9(14)7-10/h4-7H,3H2,1-2H3,(H2,15,16,17). The van der Waals surface area contributed by atoms with E-state index in [4.69, 9.17) is 10.5 Å². The number of hydrogen-bond donors (Lipinski definition) is 1. The van der Waals surface area contributed by atoms with Crippen molar-refractivity contribution in [3.05, 3.63) is 41.5 Å². The van der Waals surface area contributed by atoms with E-state index in [2.05, 4.69) is 9.97 Å². The zero-order valence-corrected chi connectivity index (χ0v) is 10.3. The van der Waals surface area contributed by atoms with Crippen molar-refractivity contribution in [2.45, 2.75) is 20.3 Å². The Morgan fingerprint density at radius 3 is 2.78 bits per heavy atom. The lowest BCUT2D eigenvalue weighted by molar-refractivity contribution is 0.451. The molecule has 0 spiro atoms. The number of nitrogen functional groups attached to an aromatic ring is 1. The molecule has 0 saturated heterocycles. The lowest BCUT2D eigenvalue weighted by Gasteiger charge is -2.10. The van der Waals surface area contributed by atoms with Crippen LogP contribution in [-0.2, 0) is 6.42 Å². The summed E-state index contributed by atoms with van der Waals surface area (Å²) in [6, 6.07) is 5.88. The molecule has 2 N–H and O–H groups in total. The molecule has 0 aliphatic rings. The second kappa shape index (κ2) is 5.00. The van der Waals surface area contributed by atoms with Gasteiger partial charge in [0.1, 0.15) is 23.2 Å². The first-order valence-electron chi connectivity index (χ1n) is 5.66. The van der Waals surface area contributed by atoms with Crippen LogP contribution in [0.15, 0.2) is 24.3 Å². The van der Waals surface area contributed by atoms with Crippen molar-refractivity contribution in [3.63, 3.8) is 0 Å². The third-order valence-corrected chi connectivity index (χ3v) is 2.51. The topological polar surface area (TPSA) is 61.0 Å². The molecular weight excluding hydrogens is 233 g/mol. The lowest BCUT2D eigenvalue weighted by atomic mass is 10.3. The lowest BCUT2D eigenvalue weighted by Crippen LogP contribution is -2.04. The van der Waals surface area contributed by atoms with Crippen molar-refractivity contribution in [2.75, 3.05) is 5.73 Å². The molecule has 1 aromatic heterocycles. The molecule has 5 heteroatoms. The van der Waals surface area contributed by atoms with Crippen LogP contribution in [0, 0.1) is 12.7 Å². The number of benzene rings is 1. The Morgan fingerprint density at radius 2 is 2.11 bits per heavy atom. The van der Waals surface area contributed by atoms with E-state index in [1.807, 2.05) is 6.92 Å². The SMILES string of the molecule is CCc1nc(N)c(C)c(Oc2cccc(F)c2)n1. The molecule has 1 aromatic carbocycles. The monoisotopic (exact) mass is 247 g/mol. The highest BCUT2D eigenvalue weighted by atomic mass is 19.1. The van der Waals surface area contributed by atoms with Gasteiger partial charge in [-0.05, 0) is 19.1 Å². The Balaban J connectivity index is 2.36. The largest absolute Gasteiger partial charge is 0.438 e. The summed E-state index contributed by atoms with van der Waals surface area (Å²) in [5.41, 5.74) is 6.42. The number of aryl methyl sites for hydroxylation is 1. The van der Waals surface area contributed by atoms with Crippen molar-refractivity contribution < 1.29 is 9.13 Å². The molecule has 0 saturated carbocycles. The van der Waals surface area contributed by atoms with Gasteiger partial charge in [0.2, 0.25) is 5.88 Å². The van der Waals surface area contributed by atoms with Crippen molar-refractivity contribution in [1.82, 2.24) is 9.97 Å². The van der Waals surface area contributed by atoms with Crippen molar-refractivity contribution in [1.29, 1.82) is 0 Å². The third-order valence-electron chi connectivity index (χ3n) is 2.51. The van der Waals surface area contributed by atoms with E-state index in [1.54, 1.807) is 19.1 Å². The van der Waals surface area contributed by atoms with Crippen LogP contribution in [0.1, 0.15) is 18.3 Å². The summed E-state index contributed by atoms with van der Waals surface area (Å²) in [6.45, 7) is 3.69. The van der Waals surface area contributed by atoms with E-state index in [-0.39, 0.29) is 5.82 Å². The number of rotatable bonds is 3.